The van der Waals surface area contributed by atoms with Crippen molar-refractivity contribution in [3.05, 3.63) is 34.6 Å². The van der Waals surface area contributed by atoms with Gasteiger partial charge in [-0.25, -0.2) is 9.97 Å². The largest absolute Gasteiger partial charge is 1.00 e. The van der Waals surface area contributed by atoms with Gasteiger partial charge in [0, 0.05) is 12.1 Å². The minimum atomic E-state index is -4.29. The Labute approximate surface area is 190 Å². The Morgan fingerprint density at radius 1 is 1.23 bits per heavy atom. The number of benzene rings is 1. The molecule has 0 aliphatic carbocycles. The molecular formula is C14H15KN4O6S. The van der Waals surface area contributed by atoms with Gasteiger partial charge in [-0.3, -0.25) is 9.35 Å². The average molecular weight is 406 g/mol. The zero-order valence-corrected chi connectivity index (χ0v) is 18.0. The van der Waals surface area contributed by atoms with Gasteiger partial charge < -0.3 is 20.1 Å². The molecule has 26 heavy (non-hydrogen) atoms. The van der Waals surface area contributed by atoms with Crippen LogP contribution in [0.4, 0.5) is 0 Å². The van der Waals surface area contributed by atoms with Gasteiger partial charge in [0.25, 0.3) is 15.7 Å². The summed E-state index contributed by atoms with van der Waals surface area (Å²) in [6, 6.07) is 4.60. The van der Waals surface area contributed by atoms with E-state index in [-0.39, 0.29) is 85.3 Å². The number of nitrogens with one attached hydrogen (secondary N) is 1. The predicted octanol–water partition coefficient (Wildman–Crippen LogP) is -3.30. The summed E-state index contributed by atoms with van der Waals surface area (Å²) in [6.07, 6.45) is 0.612. The van der Waals surface area contributed by atoms with Crippen molar-refractivity contribution in [1.29, 1.82) is 0 Å². The summed E-state index contributed by atoms with van der Waals surface area (Å²) in [6.45, 7) is 2.10. The first-order chi connectivity index (χ1) is 11.3. The smallest absolute Gasteiger partial charge is 0.846 e. The van der Waals surface area contributed by atoms with Crippen molar-refractivity contribution in [2.75, 3.05) is 0 Å². The van der Waals surface area contributed by atoms with Crippen LogP contribution in [0.5, 0.6) is 6.01 Å². The second kappa shape index (κ2) is 8.71. The molecule has 4 N–H and O–H groups in total. The molecule has 134 valence electrons. The van der Waals surface area contributed by atoms with Crippen LogP contribution in [-0.2, 0) is 16.7 Å². The molecule has 0 aliphatic heterocycles. The van der Waals surface area contributed by atoms with Gasteiger partial charge in [-0.2, -0.15) is 8.42 Å². The van der Waals surface area contributed by atoms with E-state index in [9.17, 15) is 18.3 Å². The predicted molar refractivity (Wildman–Crippen MR) is 86.8 cm³/mol. The minimum Gasteiger partial charge on any atom is -0.846 e. The van der Waals surface area contributed by atoms with Crippen LogP contribution in [0.15, 0.2) is 34.0 Å². The van der Waals surface area contributed by atoms with Gasteiger partial charge in [-0.15, -0.1) is 0 Å². The third-order valence-electron chi connectivity index (χ3n) is 3.45. The Kier molecular flexibility index (Phi) is 7.68. The van der Waals surface area contributed by atoms with Crippen molar-refractivity contribution in [3.8, 4) is 17.4 Å². The van der Waals surface area contributed by atoms with Crippen LogP contribution in [-0.4, -0.2) is 38.0 Å². The van der Waals surface area contributed by atoms with Crippen molar-refractivity contribution in [1.82, 2.24) is 19.5 Å². The maximum Gasteiger partial charge on any atom is 1.00 e. The van der Waals surface area contributed by atoms with Crippen molar-refractivity contribution < 1.29 is 74.9 Å². The summed E-state index contributed by atoms with van der Waals surface area (Å²) in [5.74, 6) is 0.269. The molecule has 0 aliphatic rings. The van der Waals surface area contributed by atoms with Crippen LogP contribution < -0.4 is 62.1 Å². The van der Waals surface area contributed by atoms with E-state index in [0.717, 1.165) is 4.57 Å². The molecule has 12 heteroatoms. The van der Waals surface area contributed by atoms with Crippen LogP contribution in [0.2, 0.25) is 0 Å². The van der Waals surface area contributed by atoms with Crippen LogP contribution in [0.25, 0.3) is 22.6 Å². The molecule has 10 nitrogen and oxygen atoms in total. The van der Waals surface area contributed by atoms with Gasteiger partial charge >= 0.3 is 51.4 Å². The molecule has 0 spiro atoms. The van der Waals surface area contributed by atoms with Crippen LogP contribution in [0.1, 0.15) is 13.3 Å². The van der Waals surface area contributed by atoms with Gasteiger partial charge in [-0.1, -0.05) is 6.92 Å². The number of H-pyrrole nitrogens is 1. The summed E-state index contributed by atoms with van der Waals surface area (Å²) in [5.41, 5.74) is 0.0950. The topological polar surface area (TPSA) is 172 Å². The van der Waals surface area contributed by atoms with Gasteiger partial charge in [0.2, 0.25) is 0 Å². The monoisotopic (exact) mass is 406 g/mol. The van der Waals surface area contributed by atoms with Gasteiger partial charge in [0.1, 0.15) is 5.82 Å². The maximum absolute atomic E-state index is 12.3. The molecule has 0 unspecified atom stereocenters. The van der Waals surface area contributed by atoms with Crippen molar-refractivity contribution in [2.45, 2.75) is 24.8 Å². The molecule has 0 atom stereocenters. The third-order valence-corrected chi connectivity index (χ3v) is 4.32. The number of imidazole rings is 1. The molecule has 0 fully saturated rings. The molecule has 0 saturated heterocycles. The van der Waals surface area contributed by atoms with E-state index in [1.165, 1.54) is 24.3 Å². The number of fused-ring (bicyclic) bond motifs is 1. The normalized spacial score (nSPS) is 11.0. The van der Waals surface area contributed by atoms with E-state index >= 15 is 0 Å². The maximum atomic E-state index is 12.3. The van der Waals surface area contributed by atoms with E-state index in [0.29, 0.717) is 12.0 Å². The molecular weight excluding hydrogens is 391 g/mol. The van der Waals surface area contributed by atoms with Gasteiger partial charge in [0.15, 0.2) is 11.2 Å². The molecule has 2 heterocycles. The standard InChI is InChI=1S/C14H14N4O5S.K.H2O/c1-2-7-18-13(19)10-12(17-14(18)20)16-11(15-10)8-3-5-9(6-4-8)24(21,22)23;;/h3-6H,2,7H2,1H3,(H,15,16)(H,17,20)(H,21,22,23);;1H2/q;+1;/p-1. The van der Waals surface area contributed by atoms with Crippen LogP contribution in [0, 0.1) is 0 Å². The first kappa shape index (κ1) is 22.9. The number of hydrogen-bond donors (Lipinski definition) is 2. The Morgan fingerprint density at radius 2 is 1.85 bits per heavy atom. The summed E-state index contributed by atoms with van der Waals surface area (Å²) in [7, 11) is -4.29. The summed E-state index contributed by atoms with van der Waals surface area (Å²) in [5, 5.41) is 11.8. The van der Waals surface area contributed by atoms with Crippen molar-refractivity contribution in [3.63, 3.8) is 0 Å². The van der Waals surface area contributed by atoms with Gasteiger partial charge in [0.05, 0.1) is 10.9 Å². The molecule has 0 amide bonds. The van der Waals surface area contributed by atoms with E-state index in [2.05, 4.69) is 15.0 Å². The summed E-state index contributed by atoms with van der Waals surface area (Å²) in [4.78, 5) is 22.8. The summed E-state index contributed by atoms with van der Waals surface area (Å²) >= 11 is 0. The zero-order valence-electron chi connectivity index (χ0n) is 14.1. The first-order valence-electron chi connectivity index (χ1n) is 7.06. The van der Waals surface area contributed by atoms with E-state index in [1.54, 1.807) is 0 Å². The number of aromatic amines is 1. The summed E-state index contributed by atoms with van der Waals surface area (Å²) < 4.78 is 32.1. The second-order valence-electron chi connectivity index (χ2n) is 5.13. The fourth-order valence-electron chi connectivity index (χ4n) is 2.31. The second-order valence-corrected chi connectivity index (χ2v) is 6.56. The van der Waals surface area contributed by atoms with E-state index in [1.807, 2.05) is 6.92 Å². The quantitative estimate of drug-likeness (QED) is 0.337. The first-order valence-corrected chi connectivity index (χ1v) is 8.50. The van der Waals surface area contributed by atoms with Crippen LogP contribution >= 0.6 is 0 Å². The molecule has 0 radical (unpaired) electrons. The molecule has 1 aromatic carbocycles. The number of rotatable bonds is 4. The number of aromatic nitrogens is 4. The molecule has 2 aromatic heterocycles. The third kappa shape index (κ3) is 4.40. The average Bonchev–Trinajstić information content (AvgIpc) is 2.95. The molecule has 3 aromatic rings. The molecule has 0 bridgehead atoms. The Morgan fingerprint density at radius 3 is 2.38 bits per heavy atom. The SMILES string of the molecule is CCCn1c([O-])nc2nc(-c3ccc(S(=O)(=O)O)cc3)[nH]c2c1=O.O.[K+]. The Bertz CT molecular complexity index is 1080. The Hall–Kier alpha value is -1.12. The van der Waals surface area contributed by atoms with Crippen molar-refractivity contribution >= 4 is 21.3 Å². The fourth-order valence-corrected chi connectivity index (χ4v) is 2.79. The van der Waals surface area contributed by atoms with Crippen molar-refractivity contribution in [2.24, 2.45) is 0 Å². The van der Waals surface area contributed by atoms with Gasteiger partial charge in [-0.05, 0) is 30.7 Å². The molecule has 0 saturated carbocycles. The number of hydrogen-bond acceptors (Lipinski definition) is 6. The fraction of sp³-hybridized carbons (Fsp3) is 0.214. The zero-order chi connectivity index (χ0) is 17.5. The van der Waals surface area contributed by atoms with E-state index in [4.69, 9.17) is 4.55 Å². The minimum absolute atomic E-state index is 0. The van der Waals surface area contributed by atoms with Crippen LogP contribution in [0.3, 0.4) is 0 Å². The molecule has 3 rings (SSSR count). The van der Waals surface area contributed by atoms with E-state index < -0.39 is 21.7 Å². The Balaban J connectivity index is 0.00000169. The number of nitrogens with zero attached hydrogens (tertiary/aromatic N) is 3.